The van der Waals surface area contributed by atoms with Gasteiger partial charge < -0.3 is 10.3 Å². The number of nitrogens with two attached hydrogens (primary N) is 1. The van der Waals surface area contributed by atoms with E-state index in [2.05, 4.69) is 0 Å². The quantitative estimate of drug-likeness (QED) is 0.862. The molecule has 16 heavy (non-hydrogen) atoms. The fourth-order valence-electron chi connectivity index (χ4n) is 1.38. The predicted octanol–water partition coefficient (Wildman–Crippen LogP) is 1.06. The molecule has 1 aromatic heterocycles. The van der Waals surface area contributed by atoms with Crippen LogP contribution >= 0.6 is 11.3 Å². The molecule has 1 amide bonds. The molecule has 0 unspecified atom stereocenters. The first-order chi connectivity index (χ1) is 7.66. The summed E-state index contributed by atoms with van der Waals surface area (Å²) in [6, 6.07) is 6.92. The third-order valence-electron chi connectivity index (χ3n) is 2.24. The minimum atomic E-state index is -0.445. The molecule has 0 fully saturated rings. The summed E-state index contributed by atoms with van der Waals surface area (Å²) in [7, 11) is 0. The van der Waals surface area contributed by atoms with Crippen molar-refractivity contribution in [2.75, 3.05) is 0 Å². The van der Waals surface area contributed by atoms with Gasteiger partial charge in [-0.2, -0.15) is 0 Å². The van der Waals surface area contributed by atoms with Gasteiger partial charge in [0.05, 0.1) is 6.54 Å². The number of primary amides is 1. The van der Waals surface area contributed by atoms with Gasteiger partial charge in [0.2, 0.25) is 5.91 Å². The van der Waals surface area contributed by atoms with Gasteiger partial charge >= 0.3 is 4.87 Å². The van der Waals surface area contributed by atoms with E-state index in [9.17, 15) is 9.59 Å². The van der Waals surface area contributed by atoms with E-state index in [1.165, 1.54) is 0 Å². The molecule has 2 N–H and O–H groups in total. The second kappa shape index (κ2) is 4.32. The third-order valence-corrected chi connectivity index (χ3v) is 2.93. The van der Waals surface area contributed by atoms with Crippen molar-refractivity contribution >= 4 is 17.2 Å². The molecule has 2 rings (SSSR count). The molecule has 0 atom stereocenters. The van der Waals surface area contributed by atoms with Gasteiger partial charge in [0.1, 0.15) is 0 Å². The standard InChI is InChI=1S/C11H10N2O2S/c12-10(14)9-3-1-8(2-4-9)7-13-5-6-16-11(13)15/h1-6H,7H2,(H2,12,14). The third kappa shape index (κ3) is 2.20. The van der Waals surface area contributed by atoms with Crippen molar-refractivity contribution in [2.24, 2.45) is 5.73 Å². The summed E-state index contributed by atoms with van der Waals surface area (Å²) in [5, 5.41) is 1.75. The Morgan fingerprint density at radius 1 is 1.31 bits per heavy atom. The highest BCUT2D eigenvalue weighted by Crippen LogP contribution is 2.05. The van der Waals surface area contributed by atoms with Crippen LogP contribution in [0, 0.1) is 0 Å². The summed E-state index contributed by atoms with van der Waals surface area (Å²) in [4.78, 5) is 22.2. The van der Waals surface area contributed by atoms with Crippen LogP contribution < -0.4 is 10.6 Å². The number of hydrogen-bond donors (Lipinski definition) is 1. The van der Waals surface area contributed by atoms with Crippen LogP contribution in [0.4, 0.5) is 0 Å². The molecule has 82 valence electrons. The molecular formula is C11H10N2O2S. The van der Waals surface area contributed by atoms with Crippen molar-refractivity contribution in [1.29, 1.82) is 0 Å². The fourth-order valence-corrected chi connectivity index (χ4v) is 1.96. The molecule has 5 heteroatoms. The van der Waals surface area contributed by atoms with Crippen LogP contribution in [0.15, 0.2) is 40.6 Å². The molecule has 0 saturated heterocycles. The lowest BCUT2D eigenvalue weighted by Gasteiger charge is -2.02. The zero-order chi connectivity index (χ0) is 11.5. The van der Waals surface area contributed by atoms with E-state index in [-0.39, 0.29) is 4.87 Å². The lowest BCUT2D eigenvalue weighted by atomic mass is 10.1. The summed E-state index contributed by atoms with van der Waals surface area (Å²) in [5.74, 6) is -0.445. The maximum Gasteiger partial charge on any atom is 0.307 e. The van der Waals surface area contributed by atoms with Gasteiger partial charge in [0, 0.05) is 17.1 Å². The van der Waals surface area contributed by atoms with Gasteiger partial charge in [-0.3, -0.25) is 9.59 Å². The maximum atomic E-state index is 11.3. The average Bonchev–Trinajstić information content (AvgIpc) is 2.65. The topological polar surface area (TPSA) is 65.1 Å². The number of aromatic nitrogens is 1. The molecule has 0 aliphatic rings. The summed E-state index contributed by atoms with van der Waals surface area (Å²) in [6.45, 7) is 0.515. The van der Waals surface area contributed by atoms with Crippen LogP contribution in [-0.2, 0) is 6.54 Å². The van der Waals surface area contributed by atoms with Crippen molar-refractivity contribution in [3.8, 4) is 0 Å². The molecule has 0 bridgehead atoms. The highest BCUT2D eigenvalue weighted by atomic mass is 32.1. The number of hydrogen-bond acceptors (Lipinski definition) is 3. The summed E-state index contributed by atoms with van der Waals surface area (Å²) in [6.07, 6.45) is 1.75. The van der Waals surface area contributed by atoms with Crippen LogP contribution in [0.3, 0.4) is 0 Å². The first-order valence-corrected chi connectivity index (χ1v) is 5.57. The van der Waals surface area contributed by atoms with Crippen molar-refractivity contribution in [2.45, 2.75) is 6.54 Å². The Labute approximate surface area is 96.0 Å². The predicted molar refractivity (Wildman–Crippen MR) is 62.6 cm³/mol. The first kappa shape index (κ1) is 10.6. The Kier molecular flexibility index (Phi) is 2.87. The van der Waals surface area contributed by atoms with Crippen molar-refractivity contribution in [3.63, 3.8) is 0 Å². The van der Waals surface area contributed by atoms with Crippen molar-refractivity contribution < 1.29 is 4.79 Å². The van der Waals surface area contributed by atoms with Gasteiger partial charge in [0.25, 0.3) is 0 Å². The highest BCUT2D eigenvalue weighted by Gasteiger charge is 2.01. The lowest BCUT2D eigenvalue weighted by Crippen LogP contribution is -2.13. The smallest absolute Gasteiger partial charge is 0.307 e. The van der Waals surface area contributed by atoms with E-state index in [1.54, 1.807) is 40.4 Å². The normalized spacial score (nSPS) is 10.2. The second-order valence-electron chi connectivity index (χ2n) is 3.36. The van der Waals surface area contributed by atoms with E-state index in [4.69, 9.17) is 5.73 Å². The number of amides is 1. The number of carbonyl (C=O) groups is 1. The molecule has 0 aliphatic carbocycles. The molecular weight excluding hydrogens is 224 g/mol. The van der Waals surface area contributed by atoms with E-state index >= 15 is 0 Å². The van der Waals surface area contributed by atoms with Crippen LogP contribution in [-0.4, -0.2) is 10.5 Å². The molecule has 0 saturated carbocycles. The van der Waals surface area contributed by atoms with E-state index < -0.39 is 5.91 Å². The zero-order valence-corrected chi connectivity index (χ0v) is 9.24. The number of rotatable bonds is 3. The summed E-state index contributed by atoms with van der Waals surface area (Å²) >= 11 is 1.16. The van der Waals surface area contributed by atoms with Crippen molar-refractivity contribution in [3.05, 3.63) is 56.6 Å². The first-order valence-electron chi connectivity index (χ1n) is 4.69. The van der Waals surface area contributed by atoms with Gasteiger partial charge in [-0.05, 0) is 17.7 Å². The van der Waals surface area contributed by atoms with Gasteiger partial charge in [-0.15, -0.1) is 0 Å². The second-order valence-corrected chi connectivity index (χ2v) is 4.22. The minimum Gasteiger partial charge on any atom is -0.366 e. The Bertz CT molecular complexity index is 554. The highest BCUT2D eigenvalue weighted by molar-refractivity contribution is 7.07. The average molecular weight is 234 g/mol. The minimum absolute atomic E-state index is 0.0129. The molecule has 0 aliphatic heterocycles. The largest absolute Gasteiger partial charge is 0.366 e. The summed E-state index contributed by atoms with van der Waals surface area (Å²) < 4.78 is 1.62. The molecule has 1 aromatic carbocycles. The number of nitrogens with zero attached hydrogens (tertiary/aromatic N) is 1. The molecule has 0 spiro atoms. The van der Waals surface area contributed by atoms with Gasteiger partial charge in [-0.1, -0.05) is 23.5 Å². The van der Waals surface area contributed by atoms with E-state index in [0.717, 1.165) is 16.9 Å². The van der Waals surface area contributed by atoms with Gasteiger partial charge in [-0.25, -0.2) is 0 Å². The Balaban J connectivity index is 2.20. The monoisotopic (exact) mass is 234 g/mol. The van der Waals surface area contributed by atoms with Crippen molar-refractivity contribution in [1.82, 2.24) is 4.57 Å². The Hall–Kier alpha value is -1.88. The van der Waals surface area contributed by atoms with Crippen LogP contribution in [0.2, 0.25) is 0 Å². The fraction of sp³-hybridized carbons (Fsp3) is 0.0909. The van der Waals surface area contributed by atoms with Gasteiger partial charge in [0.15, 0.2) is 0 Å². The SMILES string of the molecule is NC(=O)c1ccc(Cn2ccsc2=O)cc1. The van der Waals surface area contributed by atoms with Crippen LogP contribution in [0.25, 0.3) is 0 Å². The van der Waals surface area contributed by atoms with Crippen LogP contribution in [0.1, 0.15) is 15.9 Å². The zero-order valence-electron chi connectivity index (χ0n) is 8.42. The lowest BCUT2D eigenvalue weighted by molar-refractivity contribution is 0.100. The van der Waals surface area contributed by atoms with E-state index in [0.29, 0.717) is 12.1 Å². The van der Waals surface area contributed by atoms with Crippen LogP contribution in [0.5, 0.6) is 0 Å². The maximum absolute atomic E-state index is 11.3. The Morgan fingerprint density at radius 3 is 2.50 bits per heavy atom. The molecule has 1 heterocycles. The number of thiazole rings is 1. The molecule has 2 aromatic rings. The summed E-state index contributed by atoms with van der Waals surface area (Å²) in [5.41, 5.74) is 6.57. The molecule has 0 radical (unpaired) electrons. The van der Waals surface area contributed by atoms with E-state index in [1.807, 2.05) is 0 Å². The number of carbonyl (C=O) groups excluding carboxylic acids is 1. The number of benzene rings is 1. The Morgan fingerprint density at radius 2 is 2.00 bits per heavy atom. The molecule has 4 nitrogen and oxygen atoms in total.